The number of carbonyl (C=O) groups is 1. The molecule has 24 heavy (non-hydrogen) atoms. The van der Waals surface area contributed by atoms with Gasteiger partial charge in [0.25, 0.3) is 5.88 Å². The average Bonchev–Trinajstić information content (AvgIpc) is 3.01. The minimum Gasteiger partial charge on any atom is -0.433 e. The van der Waals surface area contributed by atoms with Crippen molar-refractivity contribution >= 4 is 17.9 Å². The standard InChI is InChI=1S/C16H10ClF2N3O2/c17-11-5-14(19)16(20-8-11)24-15-2-1-12(6-13(15)18)22-9-10(3-4-23)7-21-22/h1-2,4-9H,3H2. The van der Waals surface area contributed by atoms with Gasteiger partial charge in [-0.2, -0.15) is 5.10 Å². The largest absolute Gasteiger partial charge is 0.433 e. The zero-order chi connectivity index (χ0) is 17.1. The van der Waals surface area contributed by atoms with Gasteiger partial charge >= 0.3 is 0 Å². The number of benzene rings is 1. The van der Waals surface area contributed by atoms with E-state index in [9.17, 15) is 13.6 Å². The van der Waals surface area contributed by atoms with Crippen molar-refractivity contribution in [2.75, 3.05) is 0 Å². The Hall–Kier alpha value is -2.80. The van der Waals surface area contributed by atoms with E-state index in [1.165, 1.54) is 29.2 Å². The first kappa shape index (κ1) is 16.1. The highest BCUT2D eigenvalue weighted by molar-refractivity contribution is 6.30. The molecule has 0 saturated heterocycles. The summed E-state index contributed by atoms with van der Waals surface area (Å²) >= 11 is 5.60. The lowest BCUT2D eigenvalue weighted by Gasteiger charge is -2.08. The number of carbonyl (C=O) groups excluding carboxylic acids is 1. The number of aldehydes is 1. The first-order valence-electron chi connectivity index (χ1n) is 6.83. The molecule has 0 aliphatic heterocycles. The fourth-order valence-electron chi connectivity index (χ4n) is 2.00. The minimum atomic E-state index is -0.795. The predicted octanol–water partition coefficient (Wildman–Crippen LogP) is 3.73. The molecule has 0 bridgehead atoms. The molecule has 0 spiro atoms. The third-order valence-corrected chi connectivity index (χ3v) is 3.32. The van der Waals surface area contributed by atoms with Crippen LogP contribution in [-0.4, -0.2) is 21.1 Å². The van der Waals surface area contributed by atoms with Gasteiger partial charge in [-0.3, -0.25) is 0 Å². The average molecular weight is 350 g/mol. The number of halogens is 3. The Morgan fingerprint density at radius 2 is 2.04 bits per heavy atom. The molecule has 0 radical (unpaired) electrons. The highest BCUT2D eigenvalue weighted by atomic mass is 35.5. The number of aromatic nitrogens is 3. The summed E-state index contributed by atoms with van der Waals surface area (Å²) in [5.41, 5.74) is 1.14. The van der Waals surface area contributed by atoms with E-state index in [4.69, 9.17) is 16.3 Å². The van der Waals surface area contributed by atoms with E-state index in [0.717, 1.165) is 12.4 Å². The topological polar surface area (TPSA) is 57.0 Å². The summed E-state index contributed by atoms with van der Waals surface area (Å²) in [6.07, 6.45) is 5.32. The maximum Gasteiger partial charge on any atom is 0.256 e. The molecular formula is C16H10ClF2N3O2. The first-order valence-corrected chi connectivity index (χ1v) is 7.20. The van der Waals surface area contributed by atoms with Gasteiger partial charge in [0.05, 0.1) is 16.9 Å². The predicted molar refractivity (Wildman–Crippen MR) is 82.6 cm³/mol. The van der Waals surface area contributed by atoms with Crippen molar-refractivity contribution in [3.05, 3.63) is 65.1 Å². The molecule has 8 heteroatoms. The van der Waals surface area contributed by atoms with E-state index >= 15 is 0 Å². The molecule has 0 saturated carbocycles. The fraction of sp³-hybridized carbons (Fsp3) is 0.0625. The van der Waals surface area contributed by atoms with E-state index in [1.54, 1.807) is 12.3 Å². The third-order valence-electron chi connectivity index (χ3n) is 3.12. The second kappa shape index (κ2) is 6.76. The summed E-state index contributed by atoms with van der Waals surface area (Å²) in [5.74, 6) is -2.07. The highest BCUT2D eigenvalue weighted by Gasteiger charge is 2.12. The molecule has 0 unspecified atom stereocenters. The molecule has 1 aromatic carbocycles. The summed E-state index contributed by atoms with van der Waals surface area (Å²) in [6, 6.07) is 5.08. The summed E-state index contributed by atoms with van der Waals surface area (Å²) in [6.45, 7) is 0. The van der Waals surface area contributed by atoms with Crippen molar-refractivity contribution in [2.45, 2.75) is 6.42 Å². The molecule has 2 aromatic heterocycles. The van der Waals surface area contributed by atoms with Crippen LogP contribution in [0.3, 0.4) is 0 Å². The van der Waals surface area contributed by atoms with E-state index in [2.05, 4.69) is 10.1 Å². The van der Waals surface area contributed by atoms with Crippen molar-refractivity contribution in [3.63, 3.8) is 0 Å². The number of ether oxygens (including phenoxy) is 1. The van der Waals surface area contributed by atoms with Crippen LogP contribution >= 0.6 is 11.6 Å². The summed E-state index contributed by atoms with van der Waals surface area (Å²) in [7, 11) is 0. The molecule has 0 fully saturated rings. The number of hydrogen-bond donors (Lipinski definition) is 0. The molecule has 5 nitrogen and oxygen atoms in total. The van der Waals surface area contributed by atoms with Crippen LogP contribution in [0, 0.1) is 11.6 Å². The number of rotatable bonds is 5. The van der Waals surface area contributed by atoms with Gasteiger partial charge in [0, 0.05) is 24.9 Å². The maximum absolute atomic E-state index is 14.2. The van der Waals surface area contributed by atoms with Crippen LogP contribution in [0.1, 0.15) is 5.56 Å². The number of hydrogen-bond acceptors (Lipinski definition) is 4. The van der Waals surface area contributed by atoms with Gasteiger partial charge in [0.15, 0.2) is 17.4 Å². The van der Waals surface area contributed by atoms with E-state index < -0.39 is 11.6 Å². The SMILES string of the molecule is O=CCc1cnn(-c2ccc(Oc3ncc(Cl)cc3F)c(F)c2)c1. The van der Waals surface area contributed by atoms with Crippen molar-refractivity contribution in [1.29, 1.82) is 0 Å². The second-order valence-electron chi connectivity index (χ2n) is 4.82. The van der Waals surface area contributed by atoms with Crippen LogP contribution in [-0.2, 0) is 11.2 Å². The molecule has 0 amide bonds. The van der Waals surface area contributed by atoms with Gasteiger partial charge in [-0.05, 0) is 23.8 Å². The molecule has 0 aliphatic carbocycles. The molecule has 3 aromatic rings. The van der Waals surface area contributed by atoms with Gasteiger partial charge in [-0.1, -0.05) is 11.6 Å². The summed E-state index contributed by atoms with van der Waals surface area (Å²) in [5, 5.41) is 4.16. The Kier molecular flexibility index (Phi) is 4.52. The van der Waals surface area contributed by atoms with Gasteiger partial charge in [0.2, 0.25) is 0 Å². The summed E-state index contributed by atoms with van der Waals surface area (Å²) < 4.78 is 34.4. The highest BCUT2D eigenvalue weighted by Crippen LogP contribution is 2.27. The van der Waals surface area contributed by atoms with E-state index in [0.29, 0.717) is 11.3 Å². The van der Waals surface area contributed by atoms with Gasteiger partial charge in [-0.25, -0.2) is 18.4 Å². The van der Waals surface area contributed by atoms with Crippen LogP contribution in [0.5, 0.6) is 11.6 Å². The van der Waals surface area contributed by atoms with Crippen molar-refractivity contribution in [3.8, 4) is 17.3 Å². The van der Waals surface area contributed by atoms with Crippen LogP contribution < -0.4 is 4.74 Å². The van der Waals surface area contributed by atoms with Crippen molar-refractivity contribution in [1.82, 2.24) is 14.8 Å². The van der Waals surface area contributed by atoms with Crippen LogP contribution in [0.15, 0.2) is 42.9 Å². The zero-order valence-corrected chi connectivity index (χ0v) is 12.9. The molecule has 0 atom stereocenters. The normalized spacial score (nSPS) is 10.6. The first-order chi connectivity index (χ1) is 11.6. The van der Waals surface area contributed by atoms with Crippen LogP contribution in [0.2, 0.25) is 5.02 Å². The quantitative estimate of drug-likeness (QED) is 0.658. The number of nitrogens with zero attached hydrogens (tertiary/aromatic N) is 3. The molecule has 3 rings (SSSR count). The fourth-order valence-corrected chi connectivity index (χ4v) is 2.14. The maximum atomic E-state index is 14.2. The zero-order valence-electron chi connectivity index (χ0n) is 12.1. The lowest BCUT2D eigenvalue weighted by molar-refractivity contribution is -0.107. The van der Waals surface area contributed by atoms with Crippen molar-refractivity contribution < 1.29 is 18.3 Å². The number of pyridine rings is 1. The Morgan fingerprint density at radius 3 is 2.75 bits per heavy atom. The smallest absolute Gasteiger partial charge is 0.256 e. The third kappa shape index (κ3) is 3.41. The monoisotopic (exact) mass is 349 g/mol. The van der Waals surface area contributed by atoms with Gasteiger partial charge < -0.3 is 9.53 Å². The Morgan fingerprint density at radius 1 is 1.21 bits per heavy atom. The van der Waals surface area contributed by atoms with E-state index in [-0.39, 0.29) is 23.1 Å². The van der Waals surface area contributed by atoms with Crippen LogP contribution in [0.4, 0.5) is 8.78 Å². The molecular weight excluding hydrogens is 340 g/mol. The molecule has 0 N–H and O–H groups in total. The molecule has 2 heterocycles. The minimum absolute atomic E-state index is 0.112. The Labute approximate surface area is 140 Å². The molecule has 122 valence electrons. The van der Waals surface area contributed by atoms with Gasteiger partial charge in [-0.15, -0.1) is 0 Å². The van der Waals surface area contributed by atoms with Crippen molar-refractivity contribution in [2.24, 2.45) is 0 Å². The molecule has 0 aliphatic rings. The lowest BCUT2D eigenvalue weighted by Crippen LogP contribution is -1.98. The Bertz CT molecular complexity index is 899. The lowest BCUT2D eigenvalue weighted by atomic mass is 10.2. The van der Waals surface area contributed by atoms with Crippen LogP contribution in [0.25, 0.3) is 5.69 Å². The second-order valence-corrected chi connectivity index (χ2v) is 5.26. The van der Waals surface area contributed by atoms with E-state index in [1.807, 2.05) is 0 Å². The Balaban J connectivity index is 1.85. The van der Waals surface area contributed by atoms with Gasteiger partial charge in [0.1, 0.15) is 6.29 Å². The summed E-state index contributed by atoms with van der Waals surface area (Å²) in [4.78, 5) is 14.2.